The summed E-state index contributed by atoms with van der Waals surface area (Å²) < 4.78 is 12.9. The second-order valence-corrected chi connectivity index (χ2v) is 3.07. The smallest absolute Gasteiger partial charge is 0.103 e. The summed E-state index contributed by atoms with van der Waals surface area (Å²) in [4.78, 5) is 0. The van der Waals surface area contributed by atoms with Crippen molar-refractivity contribution in [2.24, 2.45) is 5.92 Å². The summed E-state index contributed by atoms with van der Waals surface area (Å²) in [6, 6.07) is 0. The highest BCUT2D eigenvalue weighted by Crippen LogP contribution is 2.28. The molecule has 1 nitrogen and oxygen atoms in total. The molecule has 10 heavy (non-hydrogen) atoms. The first kappa shape index (κ1) is 7.99. The Morgan fingerprint density at radius 3 is 2.60 bits per heavy atom. The van der Waals surface area contributed by atoms with Crippen molar-refractivity contribution >= 4 is 0 Å². The van der Waals surface area contributed by atoms with E-state index < -0.39 is 6.17 Å². The molecule has 0 amide bonds. The lowest BCUT2D eigenvalue weighted by molar-refractivity contribution is 0.133. The number of aliphatic hydroxyl groups is 1. The molecule has 1 aliphatic rings. The molecule has 1 rings (SSSR count). The van der Waals surface area contributed by atoms with Gasteiger partial charge >= 0.3 is 0 Å². The number of hydrogen-bond donors (Lipinski definition) is 1. The van der Waals surface area contributed by atoms with Gasteiger partial charge in [0.05, 0.1) is 0 Å². The zero-order chi connectivity index (χ0) is 7.40. The molecule has 0 aromatic carbocycles. The molecule has 2 unspecified atom stereocenters. The van der Waals surface area contributed by atoms with Crippen molar-refractivity contribution in [1.82, 2.24) is 0 Å². The molecule has 0 saturated heterocycles. The number of halogens is 1. The minimum atomic E-state index is -0.638. The Hall–Kier alpha value is -0.110. The number of rotatable bonds is 2. The highest BCUT2D eigenvalue weighted by atomic mass is 19.1. The van der Waals surface area contributed by atoms with Gasteiger partial charge in [0.25, 0.3) is 0 Å². The fourth-order valence-electron chi connectivity index (χ4n) is 1.65. The molecule has 0 radical (unpaired) electrons. The van der Waals surface area contributed by atoms with Crippen LogP contribution in [0.15, 0.2) is 0 Å². The van der Waals surface area contributed by atoms with Gasteiger partial charge in [-0.15, -0.1) is 0 Å². The van der Waals surface area contributed by atoms with E-state index in [0.29, 0.717) is 12.8 Å². The molecule has 0 aromatic rings. The molecule has 0 spiro atoms. The summed E-state index contributed by atoms with van der Waals surface area (Å²) in [5.74, 6) is 0.152. The van der Waals surface area contributed by atoms with Crippen molar-refractivity contribution in [3.05, 3.63) is 0 Å². The first-order chi connectivity index (χ1) is 4.84. The molecule has 0 aliphatic heterocycles. The molecule has 1 aliphatic carbocycles. The SMILES string of the molecule is OCCC1CCCCC1F. The zero-order valence-electron chi connectivity index (χ0n) is 6.22. The van der Waals surface area contributed by atoms with Gasteiger partial charge < -0.3 is 5.11 Å². The van der Waals surface area contributed by atoms with Gasteiger partial charge in [-0.3, -0.25) is 0 Å². The Morgan fingerprint density at radius 1 is 1.30 bits per heavy atom. The van der Waals surface area contributed by atoms with Crippen molar-refractivity contribution < 1.29 is 9.50 Å². The number of alkyl halides is 1. The van der Waals surface area contributed by atoms with E-state index in [1.165, 1.54) is 0 Å². The summed E-state index contributed by atoms with van der Waals surface area (Å²) in [6.07, 6.45) is 3.88. The first-order valence-corrected chi connectivity index (χ1v) is 4.09. The second-order valence-electron chi connectivity index (χ2n) is 3.07. The first-order valence-electron chi connectivity index (χ1n) is 4.09. The molecule has 2 heteroatoms. The standard InChI is InChI=1S/C8H15FO/c9-8-4-2-1-3-7(8)5-6-10/h7-8,10H,1-6H2. The van der Waals surface area contributed by atoms with E-state index in [9.17, 15) is 4.39 Å². The Labute approximate surface area is 61.2 Å². The average Bonchev–Trinajstić information content (AvgIpc) is 1.94. The van der Waals surface area contributed by atoms with E-state index in [-0.39, 0.29) is 12.5 Å². The van der Waals surface area contributed by atoms with Crippen LogP contribution in [0.25, 0.3) is 0 Å². The quantitative estimate of drug-likeness (QED) is 0.630. The van der Waals surface area contributed by atoms with E-state index in [2.05, 4.69) is 0 Å². The van der Waals surface area contributed by atoms with Crippen LogP contribution in [0.4, 0.5) is 4.39 Å². The topological polar surface area (TPSA) is 20.2 Å². The summed E-state index contributed by atoms with van der Waals surface area (Å²) in [7, 11) is 0. The van der Waals surface area contributed by atoms with Crippen LogP contribution in [0.5, 0.6) is 0 Å². The Bertz CT molecular complexity index is 93.3. The second kappa shape index (κ2) is 3.91. The third kappa shape index (κ3) is 1.94. The van der Waals surface area contributed by atoms with Gasteiger partial charge in [-0.2, -0.15) is 0 Å². The Kier molecular flexibility index (Phi) is 3.13. The van der Waals surface area contributed by atoms with Gasteiger partial charge in [-0.05, 0) is 25.2 Å². The van der Waals surface area contributed by atoms with Gasteiger partial charge in [0.1, 0.15) is 6.17 Å². The minimum Gasteiger partial charge on any atom is -0.396 e. The fourth-order valence-corrected chi connectivity index (χ4v) is 1.65. The van der Waals surface area contributed by atoms with E-state index in [1.54, 1.807) is 0 Å². The van der Waals surface area contributed by atoms with Crippen LogP contribution in [0.2, 0.25) is 0 Å². The molecule has 0 bridgehead atoms. The summed E-state index contributed by atoms with van der Waals surface area (Å²) >= 11 is 0. The zero-order valence-corrected chi connectivity index (χ0v) is 6.22. The molecule has 0 heterocycles. The van der Waals surface area contributed by atoms with Crippen LogP contribution in [-0.2, 0) is 0 Å². The maximum Gasteiger partial charge on any atom is 0.103 e. The van der Waals surface area contributed by atoms with Crippen LogP contribution in [0.3, 0.4) is 0 Å². The van der Waals surface area contributed by atoms with Gasteiger partial charge in [0, 0.05) is 6.61 Å². The van der Waals surface area contributed by atoms with Gasteiger partial charge in [0.2, 0.25) is 0 Å². The Morgan fingerprint density at radius 2 is 2.00 bits per heavy atom. The number of hydrogen-bond acceptors (Lipinski definition) is 1. The highest BCUT2D eigenvalue weighted by Gasteiger charge is 2.23. The predicted octanol–water partition coefficient (Wildman–Crippen LogP) is 1.90. The monoisotopic (exact) mass is 146 g/mol. The number of aliphatic hydroxyl groups excluding tert-OH is 1. The van der Waals surface area contributed by atoms with Crippen molar-refractivity contribution in [2.75, 3.05) is 6.61 Å². The maximum atomic E-state index is 12.9. The molecular formula is C8H15FO. The lowest BCUT2D eigenvalue weighted by atomic mass is 9.86. The van der Waals surface area contributed by atoms with Crippen molar-refractivity contribution in [2.45, 2.75) is 38.3 Å². The molecule has 1 N–H and O–H groups in total. The summed E-state index contributed by atoms with van der Waals surface area (Å²) in [5.41, 5.74) is 0. The van der Waals surface area contributed by atoms with Gasteiger partial charge in [0.15, 0.2) is 0 Å². The van der Waals surface area contributed by atoms with E-state index in [1.807, 2.05) is 0 Å². The fraction of sp³-hybridized carbons (Fsp3) is 1.00. The highest BCUT2D eigenvalue weighted by molar-refractivity contribution is 4.74. The minimum absolute atomic E-state index is 0.144. The Balaban J connectivity index is 2.25. The van der Waals surface area contributed by atoms with E-state index >= 15 is 0 Å². The summed E-state index contributed by atoms with van der Waals surface area (Å²) in [6.45, 7) is 0.144. The largest absolute Gasteiger partial charge is 0.396 e. The van der Waals surface area contributed by atoms with Crippen LogP contribution >= 0.6 is 0 Å². The molecule has 1 saturated carbocycles. The van der Waals surface area contributed by atoms with E-state index in [4.69, 9.17) is 5.11 Å². The van der Waals surface area contributed by atoms with Crippen LogP contribution in [0.1, 0.15) is 32.1 Å². The van der Waals surface area contributed by atoms with Crippen molar-refractivity contribution in [3.8, 4) is 0 Å². The molecule has 60 valence electrons. The molecule has 2 atom stereocenters. The van der Waals surface area contributed by atoms with E-state index in [0.717, 1.165) is 19.3 Å². The third-order valence-electron chi connectivity index (χ3n) is 2.32. The lowest BCUT2D eigenvalue weighted by Gasteiger charge is -2.24. The van der Waals surface area contributed by atoms with Crippen molar-refractivity contribution in [3.63, 3.8) is 0 Å². The van der Waals surface area contributed by atoms with Crippen LogP contribution in [0, 0.1) is 5.92 Å². The maximum absolute atomic E-state index is 12.9. The predicted molar refractivity (Wildman–Crippen MR) is 38.6 cm³/mol. The van der Waals surface area contributed by atoms with Crippen LogP contribution < -0.4 is 0 Å². The van der Waals surface area contributed by atoms with Gasteiger partial charge in [-0.25, -0.2) is 4.39 Å². The van der Waals surface area contributed by atoms with Crippen LogP contribution in [-0.4, -0.2) is 17.9 Å². The molecular weight excluding hydrogens is 131 g/mol. The lowest BCUT2D eigenvalue weighted by Crippen LogP contribution is -2.21. The van der Waals surface area contributed by atoms with Gasteiger partial charge in [-0.1, -0.05) is 12.8 Å². The average molecular weight is 146 g/mol. The normalized spacial score (nSPS) is 34.2. The van der Waals surface area contributed by atoms with Crippen molar-refractivity contribution in [1.29, 1.82) is 0 Å². The molecule has 1 fully saturated rings. The summed E-state index contributed by atoms with van der Waals surface area (Å²) in [5, 5.41) is 8.57. The third-order valence-corrected chi connectivity index (χ3v) is 2.32. The molecule has 0 aromatic heterocycles.